The van der Waals surface area contributed by atoms with Gasteiger partial charge in [-0.3, -0.25) is 0 Å². The Morgan fingerprint density at radius 3 is 2.00 bits per heavy atom. The number of esters is 2. The lowest BCUT2D eigenvalue weighted by Crippen LogP contribution is -2.24. The zero-order valence-electron chi connectivity index (χ0n) is 15.9. The van der Waals surface area contributed by atoms with Crippen LogP contribution in [0.5, 0.6) is 11.5 Å². The molecule has 3 rings (SSSR count). The first-order chi connectivity index (χ1) is 12.0. The van der Waals surface area contributed by atoms with Gasteiger partial charge in [-0.15, -0.1) is 0 Å². The van der Waals surface area contributed by atoms with E-state index in [2.05, 4.69) is 51.5 Å². The minimum Gasteiger partial charge on any atom is -0.457 e. The van der Waals surface area contributed by atoms with Crippen molar-refractivity contribution in [1.29, 1.82) is 0 Å². The molecule has 4 heteroatoms. The van der Waals surface area contributed by atoms with Crippen molar-refractivity contribution >= 4 is 11.9 Å². The number of cyclic esters (lactones) is 2. The van der Waals surface area contributed by atoms with Crippen molar-refractivity contribution < 1.29 is 19.1 Å². The van der Waals surface area contributed by atoms with E-state index in [9.17, 15) is 9.59 Å². The number of rotatable bonds is 4. The normalized spacial score (nSPS) is 14.2. The Kier molecular flexibility index (Phi) is 4.39. The molecule has 2 aromatic carbocycles. The number of benzene rings is 2. The first-order valence-corrected chi connectivity index (χ1v) is 8.74. The monoisotopic (exact) mass is 352 g/mol. The lowest BCUT2D eigenvalue weighted by atomic mass is 9.72. The first kappa shape index (κ1) is 18.2. The quantitative estimate of drug-likeness (QED) is 0.538. The van der Waals surface area contributed by atoms with Crippen molar-refractivity contribution in [2.75, 3.05) is 0 Å². The third kappa shape index (κ3) is 3.79. The molecule has 0 fully saturated rings. The molecule has 1 aliphatic rings. The van der Waals surface area contributed by atoms with Crippen molar-refractivity contribution in [3.8, 4) is 11.5 Å². The summed E-state index contributed by atoms with van der Waals surface area (Å²) in [5, 5.41) is 0. The van der Waals surface area contributed by atoms with Gasteiger partial charge in [0.15, 0.2) is 0 Å². The van der Waals surface area contributed by atoms with Crippen LogP contribution in [0.25, 0.3) is 0 Å². The SMILES string of the molecule is CC(C)(C)CC(C)(C)c1ccc(Oc2ccc3c(c2)C(=O)OC3=O)cc1. The van der Waals surface area contributed by atoms with E-state index in [4.69, 9.17) is 4.74 Å². The van der Waals surface area contributed by atoms with Crippen molar-refractivity contribution in [2.24, 2.45) is 5.41 Å². The first-order valence-electron chi connectivity index (χ1n) is 8.74. The Balaban J connectivity index is 1.77. The number of fused-ring (bicyclic) bond motifs is 1. The molecule has 4 nitrogen and oxygen atoms in total. The third-order valence-electron chi connectivity index (χ3n) is 4.46. The molecule has 0 aromatic heterocycles. The largest absolute Gasteiger partial charge is 0.457 e. The highest BCUT2D eigenvalue weighted by molar-refractivity contribution is 6.14. The zero-order chi connectivity index (χ0) is 19.1. The van der Waals surface area contributed by atoms with Crippen LogP contribution in [0.1, 0.15) is 67.3 Å². The number of hydrogen-bond acceptors (Lipinski definition) is 4. The van der Waals surface area contributed by atoms with Crippen LogP contribution in [-0.4, -0.2) is 11.9 Å². The Bertz CT molecular complexity index is 855. The van der Waals surface area contributed by atoms with E-state index in [1.54, 1.807) is 18.2 Å². The number of hydrogen-bond donors (Lipinski definition) is 0. The summed E-state index contributed by atoms with van der Waals surface area (Å²) in [6.07, 6.45) is 1.07. The van der Waals surface area contributed by atoms with Crippen LogP contribution < -0.4 is 4.74 Å². The summed E-state index contributed by atoms with van der Waals surface area (Å²) in [6, 6.07) is 12.8. The summed E-state index contributed by atoms with van der Waals surface area (Å²) in [5.41, 5.74) is 2.09. The summed E-state index contributed by atoms with van der Waals surface area (Å²) < 4.78 is 10.4. The Hall–Kier alpha value is -2.62. The van der Waals surface area contributed by atoms with Gasteiger partial charge in [-0.05, 0) is 53.1 Å². The highest BCUT2D eigenvalue weighted by Crippen LogP contribution is 2.37. The lowest BCUT2D eigenvalue weighted by Gasteiger charge is -2.33. The molecule has 0 spiro atoms. The molecule has 26 heavy (non-hydrogen) atoms. The van der Waals surface area contributed by atoms with Crippen LogP contribution in [-0.2, 0) is 10.2 Å². The Labute approximate surface area is 154 Å². The number of ether oxygens (including phenoxy) is 2. The second-order valence-electron chi connectivity index (χ2n) is 8.63. The van der Waals surface area contributed by atoms with Crippen molar-refractivity contribution in [2.45, 2.75) is 46.5 Å². The van der Waals surface area contributed by atoms with E-state index in [0.717, 1.165) is 6.42 Å². The molecule has 136 valence electrons. The molecule has 1 aliphatic heterocycles. The van der Waals surface area contributed by atoms with Gasteiger partial charge in [-0.25, -0.2) is 9.59 Å². The van der Waals surface area contributed by atoms with Crippen LogP contribution in [0.4, 0.5) is 0 Å². The summed E-state index contributed by atoms with van der Waals surface area (Å²) in [4.78, 5) is 23.1. The fourth-order valence-corrected chi connectivity index (χ4v) is 3.67. The van der Waals surface area contributed by atoms with Crippen molar-refractivity contribution in [1.82, 2.24) is 0 Å². The lowest BCUT2D eigenvalue weighted by molar-refractivity contribution is 0.0443. The Morgan fingerprint density at radius 1 is 0.808 bits per heavy atom. The van der Waals surface area contributed by atoms with Crippen LogP contribution in [0.15, 0.2) is 42.5 Å². The fraction of sp³-hybridized carbons (Fsp3) is 0.364. The second-order valence-corrected chi connectivity index (χ2v) is 8.63. The molecule has 0 aliphatic carbocycles. The molecule has 0 amide bonds. The molecule has 0 radical (unpaired) electrons. The average Bonchev–Trinajstić information content (AvgIpc) is 2.80. The Morgan fingerprint density at radius 2 is 1.38 bits per heavy atom. The van der Waals surface area contributed by atoms with E-state index in [1.165, 1.54) is 5.56 Å². The second kappa shape index (κ2) is 6.27. The molecule has 2 aromatic rings. The molecular weight excluding hydrogens is 328 g/mol. The van der Waals surface area contributed by atoms with Gasteiger partial charge in [0.05, 0.1) is 11.1 Å². The highest BCUT2D eigenvalue weighted by atomic mass is 16.6. The topological polar surface area (TPSA) is 52.6 Å². The average molecular weight is 352 g/mol. The summed E-state index contributed by atoms with van der Waals surface area (Å²) in [5.74, 6) is -0.0632. The molecule has 0 bridgehead atoms. The van der Waals surface area contributed by atoms with E-state index >= 15 is 0 Å². The maximum absolute atomic E-state index is 11.7. The van der Waals surface area contributed by atoms with Crippen LogP contribution in [0, 0.1) is 5.41 Å². The predicted octanol–water partition coefficient (Wildman–Crippen LogP) is 5.50. The van der Waals surface area contributed by atoms with Crippen molar-refractivity contribution in [3.63, 3.8) is 0 Å². The minimum absolute atomic E-state index is 0.0640. The van der Waals surface area contributed by atoms with E-state index in [0.29, 0.717) is 11.5 Å². The predicted molar refractivity (Wildman–Crippen MR) is 99.8 cm³/mol. The van der Waals surface area contributed by atoms with Crippen LogP contribution >= 0.6 is 0 Å². The molecule has 0 atom stereocenters. The van der Waals surface area contributed by atoms with Gasteiger partial charge >= 0.3 is 11.9 Å². The van der Waals surface area contributed by atoms with E-state index in [1.807, 2.05) is 12.1 Å². The molecule has 0 unspecified atom stereocenters. The van der Waals surface area contributed by atoms with Gasteiger partial charge in [0.1, 0.15) is 11.5 Å². The fourth-order valence-electron chi connectivity index (χ4n) is 3.67. The van der Waals surface area contributed by atoms with Gasteiger partial charge in [0.25, 0.3) is 0 Å². The van der Waals surface area contributed by atoms with E-state index < -0.39 is 11.9 Å². The summed E-state index contributed by atoms with van der Waals surface area (Å²) in [6.45, 7) is 11.2. The summed E-state index contributed by atoms with van der Waals surface area (Å²) in [7, 11) is 0. The van der Waals surface area contributed by atoms with Gasteiger partial charge in [-0.2, -0.15) is 0 Å². The maximum atomic E-state index is 11.7. The molecule has 1 heterocycles. The van der Waals surface area contributed by atoms with Crippen LogP contribution in [0.2, 0.25) is 0 Å². The highest BCUT2D eigenvalue weighted by Gasteiger charge is 2.30. The van der Waals surface area contributed by atoms with Crippen molar-refractivity contribution in [3.05, 3.63) is 59.2 Å². The van der Waals surface area contributed by atoms with E-state index in [-0.39, 0.29) is 22.0 Å². The smallest absolute Gasteiger partial charge is 0.347 e. The van der Waals surface area contributed by atoms with Crippen LogP contribution in [0.3, 0.4) is 0 Å². The molecule has 0 N–H and O–H groups in total. The number of carbonyl (C=O) groups is 2. The van der Waals surface area contributed by atoms with Gasteiger partial charge in [0, 0.05) is 0 Å². The third-order valence-corrected chi connectivity index (χ3v) is 4.46. The van der Waals surface area contributed by atoms with Gasteiger partial charge in [-0.1, -0.05) is 46.8 Å². The maximum Gasteiger partial charge on any atom is 0.347 e. The molecule has 0 saturated carbocycles. The number of carbonyl (C=O) groups excluding carboxylic acids is 2. The van der Waals surface area contributed by atoms with Gasteiger partial charge < -0.3 is 9.47 Å². The minimum atomic E-state index is -0.630. The van der Waals surface area contributed by atoms with Gasteiger partial charge in [0.2, 0.25) is 0 Å². The molecular formula is C22H24O4. The standard InChI is InChI=1S/C22H24O4/c1-21(2,3)13-22(4,5)14-6-8-15(9-7-14)25-16-10-11-17-18(12-16)20(24)26-19(17)23/h6-12H,13H2,1-5H3. The molecule has 0 saturated heterocycles. The zero-order valence-corrected chi connectivity index (χ0v) is 15.9. The summed E-state index contributed by atoms with van der Waals surface area (Å²) >= 11 is 0.